The number of rotatable bonds is 6. The van der Waals surface area contributed by atoms with Crippen LogP contribution in [-0.2, 0) is 16.6 Å². The molecular weight excluding hydrogens is 340 g/mol. The van der Waals surface area contributed by atoms with Gasteiger partial charge < -0.3 is 14.6 Å². The van der Waals surface area contributed by atoms with Gasteiger partial charge in [-0.15, -0.1) is 0 Å². The Balaban J connectivity index is 1.74. The summed E-state index contributed by atoms with van der Waals surface area (Å²) in [7, 11) is 0. The molecule has 1 aromatic heterocycles. The highest BCUT2D eigenvalue weighted by atomic mass is 16.5. The van der Waals surface area contributed by atoms with Crippen LogP contribution in [0.1, 0.15) is 67.4 Å². The minimum atomic E-state index is -0.168. The predicted octanol–water partition coefficient (Wildman–Crippen LogP) is 4.19. The first-order chi connectivity index (χ1) is 12.9. The molecule has 1 fully saturated rings. The summed E-state index contributed by atoms with van der Waals surface area (Å²) in [5, 5.41) is 7.07. The van der Waals surface area contributed by atoms with Crippen molar-refractivity contribution in [1.29, 1.82) is 0 Å². The Kier molecular flexibility index (Phi) is 5.70. The van der Waals surface area contributed by atoms with Gasteiger partial charge in [0.1, 0.15) is 11.3 Å². The van der Waals surface area contributed by atoms with Crippen LogP contribution in [0.15, 0.2) is 34.9 Å². The average molecular weight is 370 g/mol. The van der Waals surface area contributed by atoms with Crippen molar-refractivity contribution in [2.45, 2.75) is 64.4 Å². The number of hydrogen-bond donors (Lipinski definition) is 1. The van der Waals surface area contributed by atoms with E-state index >= 15 is 0 Å². The molecule has 1 N–H and O–H groups in total. The highest BCUT2D eigenvalue weighted by Crippen LogP contribution is 2.43. The van der Waals surface area contributed by atoms with Crippen molar-refractivity contribution in [3.05, 3.63) is 52.9 Å². The van der Waals surface area contributed by atoms with Crippen LogP contribution in [0.2, 0.25) is 0 Å². The fourth-order valence-electron chi connectivity index (χ4n) is 4.33. The Morgan fingerprint density at radius 1 is 1.26 bits per heavy atom. The fourth-order valence-corrected chi connectivity index (χ4v) is 4.33. The third-order valence-corrected chi connectivity index (χ3v) is 5.61. The van der Waals surface area contributed by atoms with E-state index in [4.69, 9.17) is 9.26 Å². The lowest BCUT2D eigenvalue weighted by Gasteiger charge is -2.45. The fraction of sp³-hybridized carbons (Fsp3) is 0.545. The number of carbonyl (C=O) groups excluding carboxylic acids is 1. The molecule has 0 bridgehead atoms. The molecule has 146 valence electrons. The monoisotopic (exact) mass is 370 g/mol. The Bertz CT molecular complexity index is 782. The van der Waals surface area contributed by atoms with Crippen LogP contribution in [0.5, 0.6) is 0 Å². The molecule has 0 aliphatic carbocycles. The number of ether oxygens (including phenoxy) is 1. The van der Waals surface area contributed by atoms with Crippen molar-refractivity contribution in [2.75, 3.05) is 13.2 Å². The average Bonchev–Trinajstić information content (AvgIpc) is 3.02. The molecule has 0 saturated carbocycles. The second-order valence-electron chi connectivity index (χ2n) is 8.10. The maximum atomic E-state index is 12.7. The summed E-state index contributed by atoms with van der Waals surface area (Å²) < 4.78 is 11.2. The van der Waals surface area contributed by atoms with E-state index in [0.717, 1.165) is 31.6 Å². The summed E-state index contributed by atoms with van der Waals surface area (Å²) in [6.07, 6.45) is 3.45. The summed E-state index contributed by atoms with van der Waals surface area (Å²) in [5.74, 6) is 0.481. The summed E-state index contributed by atoms with van der Waals surface area (Å²) in [6.45, 7) is 9.40. The number of nitrogens with zero attached hydrogens (tertiary/aromatic N) is 1. The lowest BCUT2D eigenvalue weighted by Crippen LogP contribution is -2.45. The van der Waals surface area contributed by atoms with Gasteiger partial charge in [-0.3, -0.25) is 4.79 Å². The van der Waals surface area contributed by atoms with Crippen LogP contribution in [0.3, 0.4) is 0 Å². The van der Waals surface area contributed by atoms with E-state index in [9.17, 15) is 4.79 Å². The molecule has 0 unspecified atom stereocenters. The molecule has 2 heterocycles. The van der Waals surface area contributed by atoms with Gasteiger partial charge in [-0.05, 0) is 52.0 Å². The number of aromatic nitrogens is 1. The highest BCUT2D eigenvalue weighted by molar-refractivity contribution is 5.96. The largest absolute Gasteiger partial charge is 0.376 e. The van der Waals surface area contributed by atoms with Gasteiger partial charge in [0.2, 0.25) is 0 Å². The first-order valence-electron chi connectivity index (χ1n) is 9.80. The van der Waals surface area contributed by atoms with Gasteiger partial charge in [0.15, 0.2) is 0 Å². The Hall–Kier alpha value is -2.14. The maximum absolute atomic E-state index is 12.7. The summed E-state index contributed by atoms with van der Waals surface area (Å²) in [5.41, 5.74) is 2.46. The molecule has 0 spiro atoms. The standard InChI is InChI=1S/C22H30N2O3/c1-5-18-19(16(2)27-24-18)20(25)23-13-11-22(17-9-7-6-8-10-17)12-14-26-21(3,4)15-22/h6-10H,5,11-15H2,1-4H3,(H,23,25)/t22-/m1/s1. The summed E-state index contributed by atoms with van der Waals surface area (Å²) in [4.78, 5) is 12.7. The SMILES string of the molecule is CCc1noc(C)c1C(=O)NCC[C@@]1(c2ccccc2)CCOC(C)(C)C1. The van der Waals surface area contributed by atoms with Crippen molar-refractivity contribution in [2.24, 2.45) is 0 Å². The third kappa shape index (κ3) is 4.24. The van der Waals surface area contributed by atoms with Gasteiger partial charge in [-0.1, -0.05) is 42.4 Å². The molecule has 1 aliphatic heterocycles. The quantitative estimate of drug-likeness (QED) is 0.828. The van der Waals surface area contributed by atoms with Crippen molar-refractivity contribution in [1.82, 2.24) is 10.5 Å². The van der Waals surface area contributed by atoms with Crippen molar-refractivity contribution >= 4 is 5.91 Å². The summed E-state index contributed by atoms with van der Waals surface area (Å²) in [6, 6.07) is 10.6. The minimum Gasteiger partial charge on any atom is -0.376 e. The zero-order valence-electron chi connectivity index (χ0n) is 16.8. The van der Waals surface area contributed by atoms with Crippen molar-refractivity contribution in [3.8, 4) is 0 Å². The molecule has 5 heteroatoms. The van der Waals surface area contributed by atoms with Crippen LogP contribution >= 0.6 is 0 Å². The van der Waals surface area contributed by atoms with Gasteiger partial charge >= 0.3 is 0 Å². The first kappa shape index (κ1) is 19.6. The van der Waals surface area contributed by atoms with Crippen LogP contribution in [-0.4, -0.2) is 29.8 Å². The van der Waals surface area contributed by atoms with E-state index in [2.05, 4.69) is 48.6 Å². The highest BCUT2D eigenvalue weighted by Gasteiger charge is 2.41. The van der Waals surface area contributed by atoms with E-state index in [1.165, 1.54) is 5.56 Å². The normalized spacial score (nSPS) is 21.8. The van der Waals surface area contributed by atoms with Gasteiger partial charge in [0, 0.05) is 18.6 Å². The van der Waals surface area contributed by atoms with Gasteiger partial charge in [-0.25, -0.2) is 0 Å². The second kappa shape index (κ2) is 7.85. The number of amides is 1. The number of nitrogens with one attached hydrogen (secondary N) is 1. The molecule has 1 atom stereocenters. The molecule has 1 amide bonds. The molecule has 2 aromatic rings. The smallest absolute Gasteiger partial charge is 0.256 e. The van der Waals surface area contributed by atoms with Gasteiger partial charge in [0.25, 0.3) is 5.91 Å². The molecule has 5 nitrogen and oxygen atoms in total. The number of benzene rings is 1. The van der Waals surface area contributed by atoms with Crippen LogP contribution in [0.25, 0.3) is 0 Å². The molecule has 1 saturated heterocycles. The Morgan fingerprint density at radius 3 is 2.67 bits per heavy atom. The minimum absolute atomic E-state index is 0.00751. The molecule has 1 aromatic carbocycles. The number of hydrogen-bond acceptors (Lipinski definition) is 4. The molecule has 1 aliphatic rings. The lowest BCUT2D eigenvalue weighted by atomic mass is 9.67. The van der Waals surface area contributed by atoms with E-state index in [1.807, 2.05) is 13.0 Å². The maximum Gasteiger partial charge on any atom is 0.256 e. The second-order valence-corrected chi connectivity index (χ2v) is 8.10. The van der Waals surface area contributed by atoms with E-state index in [1.54, 1.807) is 6.92 Å². The molecular formula is C22H30N2O3. The van der Waals surface area contributed by atoms with Crippen LogP contribution < -0.4 is 5.32 Å². The van der Waals surface area contributed by atoms with Crippen LogP contribution in [0.4, 0.5) is 0 Å². The summed E-state index contributed by atoms with van der Waals surface area (Å²) >= 11 is 0. The molecule has 27 heavy (non-hydrogen) atoms. The third-order valence-electron chi connectivity index (χ3n) is 5.61. The Morgan fingerprint density at radius 2 is 2.00 bits per heavy atom. The lowest BCUT2D eigenvalue weighted by molar-refractivity contribution is -0.0838. The van der Waals surface area contributed by atoms with Crippen molar-refractivity contribution < 1.29 is 14.1 Å². The number of aryl methyl sites for hydroxylation is 2. The van der Waals surface area contributed by atoms with E-state index in [0.29, 0.717) is 24.3 Å². The predicted molar refractivity (Wildman–Crippen MR) is 105 cm³/mol. The molecule has 0 radical (unpaired) electrons. The van der Waals surface area contributed by atoms with E-state index in [-0.39, 0.29) is 16.9 Å². The Labute approximate surface area is 161 Å². The van der Waals surface area contributed by atoms with Gasteiger partial charge in [0.05, 0.1) is 11.3 Å². The number of carbonyl (C=O) groups is 1. The first-order valence-corrected chi connectivity index (χ1v) is 9.80. The molecule has 3 rings (SSSR count). The topological polar surface area (TPSA) is 64.4 Å². The van der Waals surface area contributed by atoms with Crippen LogP contribution in [0, 0.1) is 6.92 Å². The van der Waals surface area contributed by atoms with E-state index < -0.39 is 0 Å². The van der Waals surface area contributed by atoms with Gasteiger partial charge in [-0.2, -0.15) is 0 Å². The van der Waals surface area contributed by atoms with Crippen molar-refractivity contribution in [3.63, 3.8) is 0 Å². The zero-order valence-corrected chi connectivity index (χ0v) is 16.8. The zero-order chi connectivity index (χ0) is 19.5.